The molecule has 1 aliphatic carbocycles. The Kier molecular flexibility index (Phi) is 2.98. The van der Waals surface area contributed by atoms with Gasteiger partial charge in [0.1, 0.15) is 0 Å². The first-order chi connectivity index (χ1) is 5.56. The van der Waals surface area contributed by atoms with Gasteiger partial charge < -0.3 is 0 Å². The minimum Gasteiger partial charge on any atom is -0.0999 e. The van der Waals surface area contributed by atoms with E-state index >= 15 is 0 Å². The first-order valence-corrected chi connectivity index (χ1v) is 5.22. The van der Waals surface area contributed by atoms with E-state index in [-0.39, 0.29) is 0 Å². The van der Waals surface area contributed by atoms with E-state index in [2.05, 4.69) is 27.4 Å². The molecular formula is C12H22. The molecule has 70 valence electrons. The lowest BCUT2D eigenvalue weighted by Gasteiger charge is -2.39. The Bertz CT molecular complexity index is 161. The van der Waals surface area contributed by atoms with Crippen molar-refractivity contribution in [1.82, 2.24) is 0 Å². The highest BCUT2D eigenvalue weighted by atomic mass is 14.4. The van der Waals surface area contributed by atoms with Crippen molar-refractivity contribution < 1.29 is 0 Å². The lowest BCUT2D eigenvalue weighted by Crippen LogP contribution is -2.28. The number of hydrogen-bond donors (Lipinski definition) is 0. The monoisotopic (exact) mass is 166 g/mol. The van der Waals surface area contributed by atoms with Crippen LogP contribution in [0, 0.1) is 11.3 Å². The van der Waals surface area contributed by atoms with Gasteiger partial charge >= 0.3 is 0 Å². The van der Waals surface area contributed by atoms with Gasteiger partial charge in [-0.15, -0.1) is 0 Å². The molecule has 1 fully saturated rings. The molecule has 0 saturated heterocycles. The smallest absolute Gasteiger partial charge is 0.0183 e. The van der Waals surface area contributed by atoms with Crippen molar-refractivity contribution in [1.29, 1.82) is 0 Å². The van der Waals surface area contributed by atoms with Gasteiger partial charge in [0.25, 0.3) is 0 Å². The highest BCUT2D eigenvalue weighted by Crippen LogP contribution is 2.44. The van der Waals surface area contributed by atoms with E-state index in [1.807, 2.05) is 0 Å². The van der Waals surface area contributed by atoms with Crippen LogP contribution >= 0.6 is 0 Å². The van der Waals surface area contributed by atoms with E-state index in [1.165, 1.54) is 37.7 Å². The highest BCUT2D eigenvalue weighted by molar-refractivity contribution is 5.02. The molecule has 1 atom stereocenters. The summed E-state index contributed by atoms with van der Waals surface area (Å²) in [7, 11) is 0. The maximum absolute atomic E-state index is 4.08. The predicted octanol–water partition coefficient (Wildman–Crippen LogP) is 4.17. The fourth-order valence-electron chi connectivity index (χ4n) is 2.39. The summed E-state index contributed by atoms with van der Waals surface area (Å²) in [5.41, 5.74) is 1.92. The SMILES string of the molecule is C=C(C)C(C)C1(C)CCCCC1. The van der Waals surface area contributed by atoms with Crippen molar-refractivity contribution >= 4 is 0 Å². The standard InChI is InChI=1S/C12H22/c1-10(2)11(3)12(4)8-6-5-7-9-12/h11H,1,5-9H2,2-4H3. The third kappa shape index (κ3) is 1.91. The molecular weight excluding hydrogens is 144 g/mol. The van der Waals surface area contributed by atoms with Crippen LogP contribution in [-0.2, 0) is 0 Å². The molecule has 0 heteroatoms. The first kappa shape index (κ1) is 9.83. The fourth-order valence-corrected chi connectivity index (χ4v) is 2.39. The van der Waals surface area contributed by atoms with Crippen LogP contribution in [0.4, 0.5) is 0 Å². The summed E-state index contributed by atoms with van der Waals surface area (Å²) in [6, 6.07) is 0. The normalized spacial score (nSPS) is 24.9. The summed E-state index contributed by atoms with van der Waals surface area (Å²) in [5.74, 6) is 0.706. The number of hydrogen-bond acceptors (Lipinski definition) is 0. The lowest BCUT2D eigenvalue weighted by molar-refractivity contribution is 0.153. The molecule has 0 aromatic heterocycles. The van der Waals surface area contributed by atoms with Crippen LogP contribution in [0.2, 0.25) is 0 Å². The van der Waals surface area contributed by atoms with E-state index in [0.29, 0.717) is 11.3 Å². The maximum atomic E-state index is 4.08. The van der Waals surface area contributed by atoms with Crippen LogP contribution < -0.4 is 0 Å². The van der Waals surface area contributed by atoms with Crippen LogP contribution in [0.15, 0.2) is 12.2 Å². The summed E-state index contributed by atoms with van der Waals surface area (Å²) in [6.45, 7) is 11.0. The van der Waals surface area contributed by atoms with Crippen LogP contribution in [0.3, 0.4) is 0 Å². The second-order valence-corrected chi connectivity index (χ2v) is 4.78. The van der Waals surface area contributed by atoms with Gasteiger partial charge in [0, 0.05) is 0 Å². The molecule has 0 aromatic carbocycles. The maximum Gasteiger partial charge on any atom is -0.0183 e. The zero-order valence-corrected chi connectivity index (χ0v) is 8.82. The molecule has 1 aliphatic rings. The summed E-state index contributed by atoms with van der Waals surface area (Å²) in [6.07, 6.45) is 7.10. The van der Waals surface area contributed by atoms with E-state index in [0.717, 1.165) is 0 Å². The Morgan fingerprint density at radius 2 is 1.75 bits per heavy atom. The summed E-state index contributed by atoms with van der Waals surface area (Å²) < 4.78 is 0. The molecule has 0 aromatic rings. The Morgan fingerprint density at radius 1 is 1.25 bits per heavy atom. The molecule has 0 heterocycles. The van der Waals surface area contributed by atoms with Gasteiger partial charge in [-0.25, -0.2) is 0 Å². The molecule has 1 rings (SSSR count). The Balaban J connectivity index is 2.62. The topological polar surface area (TPSA) is 0 Å². The quantitative estimate of drug-likeness (QED) is 0.540. The highest BCUT2D eigenvalue weighted by Gasteiger charge is 2.32. The second kappa shape index (κ2) is 3.64. The van der Waals surface area contributed by atoms with Crippen molar-refractivity contribution in [3.8, 4) is 0 Å². The van der Waals surface area contributed by atoms with Crippen molar-refractivity contribution in [2.45, 2.75) is 52.9 Å². The predicted molar refractivity (Wildman–Crippen MR) is 55.2 cm³/mol. The van der Waals surface area contributed by atoms with Gasteiger partial charge in [0.05, 0.1) is 0 Å². The van der Waals surface area contributed by atoms with Crippen LogP contribution in [0.1, 0.15) is 52.9 Å². The minimum absolute atomic E-state index is 0.560. The molecule has 0 nitrogen and oxygen atoms in total. The molecule has 0 N–H and O–H groups in total. The van der Waals surface area contributed by atoms with Crippen molar-refractivity contribution in [2.24, 2.45) is 11.3 Å². The van der Waals surface area contributed by atoms with E-state index in [9.17, 15) is 0 Å². The Hall–Kier alpha value is -0.260. The molecule has 1 saturated carbocycles. The molecule has 0 radical (unpaired) electrons. The van der Waals surface area contributed by atoms with E-state index < -0.39 is 0 Å². The second-order valence-electron chi connectivity index (χ2n) is 4.78. The number of rotatable bonds is 2. The Morgan fingerprint density at radius 3 is 2.17 bits per heavy atom. The molecule has 1 unspecified atom stereocenters. The summed E-state index contributed by atoms with van der Waals surface area (Å²) >= 11 is 0. The van der Waals surface area contributed by atoms with Crippen molar-refractivity contribution in [3.05, 3.63) is 12.2 Å². The van der Waals surface area contributed by atoms with Crippen molar-refractivity contribution in [3.63, 3.8) is 0 Å². The van der Waals surface area contributed by atoms with Gasteiger partial charge in [-0.2, -0.15) is 0 Å². The molecule has 0 aliphatic heterocycles. The van der Waals surface area contributed by atoms with Gasteiger partial charge in [-0.3, -0.25) is 0 Å². The molecule has 0 bridgehead atoms. The van der Waals surface area contributed by atoms with Gasteiger partial charge in [0.15, 0.2) is 0 Å². The zero-order chi connectivity index (χ0) is 9.19. The largest absolute Gasteiger partial charge is 0.0999 e. The number of allylic oxidation sites excluding steroid dienone is 1. The third-order valence-corrected chi connectivity index (χ3v) is 3.78. The first-order valence-electron chi connectivity index (χ1n) is 5.22. The zero-order valence-electron chi connectivity index (χ0n) is 8.82. The Labute approximate surface area is 77.1 Å². The van der Waals surface area contributed by atoms with Gasteiger partial charge in [-0.05, 0) is 31.1 Å². The molecule has 12 heavy (non-hydrogen) atoms. The van der Waals surface area contributed by atoms with Crippen LogP contribution in [-0.4, -0.2) is 0 Å². The van der Waals surface area contributed by atoms with E-state index in [4.69, 9.17) is 0 Å². The lowest BCUT2D eigenvalue weighted by atomic mass is 9.66. The van der Waals surface area contributed by atoms with Crippen LogP contribution in [0.5, 0.6) is 0 Å². The van der Waals surface area contributed by atoms with E-state index in [1.54, 1.807) is 0 Å². The molecule has 0 spiro atoms. The third-order valence-electron chi connectivity index (χ3n) is 3.78. The summed E-state index contributed by atoms with van der Waals surface area (Å²) in [4.78, 5) is 0. The van der Waals surface area contributed by atoms with Crippen LogP contribution in [0.25, 0.3) is 0 Å². The van der Waals surface area contributed by atoms with Crippen molar-refractivity contribution in [2.75, 3.05) is 0 Å². The fraction of sp³-hybridized carbons (Fsp3) is 0.833. The van der Waals surface area contributed by atoms with Gasteiger partial charge in [0.2, 0.25) is 0 Å². The minimum atomic E-state index is 0.560. The average Bonchev–Trinajstić information content (AvgIpc) is 2.04. The summed E-state index contributed by atoms with van der Waals surface area (Å²) in [5, 5.41) is 0. The molecule has 0 amide bonds. The average molecular weight is 166 g/mol. The van der Waals surface area contributed by atoms with Gasteiger partial charge in [-0.1, -0.05) is 45.3 Å².